The number of nitrogens with zero attached hydrogens (tertiary/aromatic N) is 2. The molecule has 0 radical (unpaired) electrons. The van der Waals surface area contributed by atoms with Crippen LogP contribution in [-0.2, 0) is 6.54 Å². The van der Waals surface area contributed by atoms with E-state index in [0.29, 0.717) is 6.42 Å². The van der Waals surface area contributed by atoms with E-state index in [0.717, 1.165) is 17.8 Å². The van der Waals surface area contributed by atoms with E-state index < -0.39 is 0 Å². The average Bonchev–Trinajstić information content (AvgIpc) is 2.63. The number of aryl methyl sites for hydroxylation is 2. The lowest BCUT2D eigenvalue weighted by Crippen LogP contribution is -1.94. The van der Waals surface area contributed by atoms with Gasteiger partial charge in [-0.2, -0.15) is 5.26 Å². The number of methoxy groups -OCH3 is 1. The molecule has 0 N–H and O–H groups in total. The first-order valence-corrected chi connectivity index (χ1v) is 5.26. The molecule has 3 nitrogen and oxygen atoms in total. The minimum Gasteiger partial charge on any atom is -0.497 e. The standard InChI is InChI=1S/C13H14N2O/c1-10-9-15(7-3-6-14)13-5-4-11(16-2)8-12(10)13/h4-5,8-9H,3,7H2,1-2H3. The second kappa shape index (κ2) is 4.28. The van der Waals surface area contributed by atoms with Crippen molar-refractivity contribution in [3.63, 3.8) is 0 Å². The van der Waals surface area contributed by atoms with Gasteiger partial charge in [0.1, 0.15) is 5.75 Å². The second-order valence-corrected chi connectivity index (χ2v) is 3.80. The molecule has 3 heteroatoms. The maximum absolute atomic E-state index is 8.61. The van der Waals surface area contributed by atoms with E-state index in [-0.39, 0.29) is 0 Å². The second-order valence-electron chi connectivity index (χ2n) is 3.80. The Kier molecular flexibility index (Phi) is 2.82. The van der Waals surface area contributed by atoms with E-state index in [9.17, 15) is 0 Å². The summed E-state index contributed by atoms with van der Waals surface area (Å²) in [6.07, 6.45) is 2.62. The Morgan fingerprint density at radius 1 is 1.44 bits per heavy atom. The van der Waals surface area contributed by atoms with Crippen molar-refractivity contribution >= 4 is 10.9 Å². The summed E-state index contributed by atoms with van der Waals surface area (Å²) in [5.74, 6) is 0.869. The Bertz CT molecular complexity index is 549. The largest absolute Gasteiger partial charge is 0.497 e. The highest BCUT2D eigenvalue weighted by molar-refractivity contribution is 5.85. The van der Waals surface area contributed by atoms with Crippen molar-refractivity contribution < 1.29 is 4.74 Å². The zero-order chi connectivity index (χ0) is 11.5. The molecule has 0 fully saturated rings. The maximum atomic E-state index is 8.61. The Morgan fingerprint density at radius 2 is 2.25 bits per heavy atom. The van der Waals surface area contributed by atoms with E-state index in [1.807, 2.05) is 18.2 Å². The quantitative estimate of drug-likeness (QED) is 0.787. The molecule has 0 aliphatic heterocycles. The van der Waals surface area contributed by atoms with Gasteiger partial charge < -0.3 is 9.30 Å². The highest BCUT2D eigenvalue weighted by Gasteiger charge is 2.06. The van der Waals surface area contributed by atoms with Crippen LogP contribution in [0, 0.1) is 18.3 Å². The van der Waals surface area contributed by atoms with Crippen molar-refractivity contribution in [3.8, 4) is 11.8 Å². The molecule has 0 bridgehead atoms. The molecule has 2 aromatic rings. The molecule has 1 heterocycles. The Balaban J connectivity index is 2.50. The van der Waals surface area contributed by atoms with Crippen LogP contribution in [-0.4, -0.2) is 11.7 Å². The van der Waals surface area contributed by atoms with Crippen LogP contribution in [0.3, 0.4) is 0 Å². The van der Waals surface area contributed by atoms with Crippen LogP contribution in [0.15, 0.2) is 24.4 Å². The van der Waals surface area contributed by atoms with Gasteiger partial charge in [0.05, 0.1) is 19.6 Å². The lowest BCUT2D eigenvalue weighted by atomic mass is 10.2. The summed E-state index contributed by atoms with van der Waals surface area (Å²) >= 11 is 0. The number of nitriles is 1. The highest BCUT2D eigenvalue weighted by atomic mass is 16.5. The normalized spacial score (nSPS) is 10.3. The van der Waals surface area contributed by atoms with E-state index in [1.165, 1.54) is 10.9 Å². The van der Waals surface area contributed by atoms with Crippen LogP contribution in [0.4, 0.5) is 0 Å². The highest BCUT2D eigenvalue weighted by Crippen LogP contribution is 2.25. The average molecular weight is 214 g/mol. The van der Waals surface area contributed by atoms with Gasteiger partial charge in [0, 0.05) is 23.6 Å². The van der Waals surface area contributed by atoms with Crippen molar-refractivity contribution in [1.29, 1.82) is 5.26 Å². The summed E-state index contributed by atoms with van der Waals surface area (Å²) in [6, 6.07) is 8.19. The number of benzene rings is 1. The van der Waals surface area contributed by atoms with Crippen molar-refractivity contribution in [1.82, 2.24) is 4.57 Å². The molecule has 82 valence electrons. The predicted octanol–water partition coefficient (Wildman–Crippen LogP) is 2.87. The monoisotopic (exact) mass is 214 g/mol. The molecular weight excluding hydrogens is 200 g/mol. The van der Waals surface area contributed by atoms with Crippen LogP contribution in [0.1, 0.15) is 12.0 Å². The minimum atomic E-state index is 0.537. The third-order valence-electron chi connectivity index (χ3n) is 2.75. The molecule has 0 unspecified atom stereocenters. The first-order valence-electron chi connectivity index (χ1n) is 5.26. The summed E-state index contributed by atoms with van der Waals surface area (Å²) in [6.45, 7) is 2.82. The molecule has 0 atom stereocenters. The van der Waals surface area contributed by atoms with Gasteiger partial charge in [-0.05, 0) is 30.7 Å². The zero-order valence-corrected chi connectivity index (χ0v) is 9.53. The van der Waals surface area contributed by atoms with E-state index in [2.05, 4.69) is 23.8 Å². The van der Waals surface area contributed by atoms with Crippen LogP contribution in [0.2, 0.25) is 0 Å². The predicted molar refractivity (Wildman–Crippen MR) is 63.5 cm³/mol. The summed E-state index contributed by atoms with van der Waals surface area (Å²) in [5, 5.41) is 9.80. The fourth-order valence-electron chi connectivity index (χ4n) is 1.94. The molecule has 0 amide bonds. The van der Waals surface area contributed by atoms with Crippen LogP contribution < -0.4 is 4.74 Å². The first kappa shape index (κ1) is 10.6. The third-order valence-corrected chi connectivity index (χ3v) is 2.75. The van der Waals surface area contributed by atoms with Crippen molar-refractivity contribution in [2.45, 2.75) is 19.9 Å². The molecule has 0 aliphatic rings. The number of hydrogen-bond acceptors (Lipinski definition) is 2. The number of fused-ring (bicyclic) bond motifs is 1. The summed E-state index contributed by atoms with van der Waals surface area (Å²) < 4.78 is 7.32. The van der Waals surface area contributed by atoms with Crippen LogP contribution >= 0.6 is 0 Å². The van der Waals surface area contributed by atoms with Gasteiger partial charge in [0.25, 0.3) is 0 Å². The van der Waals surface area contributed by atoms with E-state index >= 15 is 0 Å². The number of ether oxygens (including phenoxy) is 1. The van der Waals surface area contributed by atoms with Crippen molar-refractivity contribution in [2.75, 3.05) is 7.11 Å². The minimum absolute atomic E-state index is 0.537. The zero-order valence-electron chi connectivity index (χ0n) is 9.53. The lowest BCUT2D eigenvalue weighted by molar-refractivity contribution is 0.415. The summed E-state index contributed by atoms with van der Waals surface area (Å²) in [5.41, 5.74) is 2.38. The number of rotatable bonds is 3. The third kappa shape index (κ3) is 1.74. The van der Waals surface area contributed by atoms with Gasteiger partial charge in [-0.25, -0.2) is 0 Å². The van der Waals surface area contributed by atoms with Crippen molar-refractivity contribution in [3.05, 3.63) is 30.0 Å². The van der Waals surface area contributed by atoms with E-state index in [1.54, 1.807) is 7.11 Å². The SMILES string of the molecule is COc1ccc2c(c1)c(C)cn2CCC#N. The van der Waals surface area contributed by atoms with Gasteiger partial charge in [-0.15, -0.1) is 0 Å². The Hall–Kier alpha value is -1.95. The fraction of sp³-hybridized carbons (Fsp3) is 0.308. The van der Waals surface area contributed by atoms with Gasteiger partial charge in [-0.1, -0.05) is 0 Å². The summed E-state index contributed by atoms with van der Waals surface area (Å²) in [4.78, 5) is 0. The molecule has 1 aromatic carbocycles. The molecule has 16 heavy (non-hydrogen) atoms. The molecule has 0 saturated carbocycles. The Labute approximate surface area is 94.9 Å². The molecule has 1 aromatic heterocycles. The number of aromatic nitrogens is 1. The summed E-state index contributed by atoms with van der Waals surface area (Å²) in [7, 11) is 1.67. The topological polar surface area (TPSA) is 38.0 Å². The lowest BCUT2D eigenvalue weighted by Gasteiger charge is -2.03. The van der Waals surface area contributed by atoms with Crippen LogP contribution in [0.5, 0.6) is 5.75 Å². The van der Waals surface area contributed by atoms with Crippen LogP contribution in [0.25, 0.3) is 10.9 Å². The van der Waals surface area contributed by atoms with Gasteiger partial charge in [-0.3, -0.25) is 0 Å². The van der Waals surface area contributed by atoms with Gasteiger partial charge >= 0.3 is 0 Å². The maximum Gasteiger partial charge on any atom is 0.119 e. The van der Waals surface area contributed by atoms with Gasteiger partial charge in [0.2, 0.25) is 0 Å². The smallest absolute Gasteiger partial charge is 0.119 e. The molecule has 0 spiro atoms. The van der Waals surface area contributed by atoms with E-state index in [4.69, 9.17) is 10.00 Å². The molecular formula is C13H14N2O. The number of hydrogen-bond donors (Lipinski definition) is 0. The molecule has 0 aliphatic carbocycles. The fourth-order valence-corrected chi connectivity index (χ4v) is 1.94. The van der Waals surface area contributed by atoms with Crippen molar-refractivity contribution in [2.24, 2.45) is 0 Å². The molecule has 0 saturated heterocycles. The van der Waals surface area contributed by atoms with Gasteiger partial charge in [0.15, 0.2) is 0 Å². The Morgan fingerprint density at radius 3 is 2.94 bits per heavy atom. The molecule has 2 rings (SSSR count). The first-order chi connectivity index (χ1) is 7.76.